The van der Waals surface area contributed by atoms with Gasteiger partial charge in [-0.1, -0.05) is 43.3 Å². The lowest BCUT2D eigenvalue weighted by atomic mass is 10.0. The second kappa shape index (κ2) is 11.9. The van der Waals surface area contributed by atoms with Gasteiger partial charge in [0.25, 0.3) is 20.2 Å². The minimum atomic E-state index is -4.00. The molecule has 0 aliphatic carbocycles. The molecule has 0 saturated heterocycles. The molecule has 2 aromatic carbocycles. The molecule has 28 heavy (non-hydrogen) atoms. The van der Waals surface area contributed by atoms with E-state index in [2.05, 4.69) is 0 Å². The van der Waals surface area contributed by atoms with Crippen LogP contribution in [0.15, 0.2) is 70.5 Å². The molecule has 158 valence electrons. The third kappa shape index (κ3) is 11.1. The van der Waals surface area contributed by atoms with Crippen molar-refractivity contribution >= 4 is 20.2 Å². The van der Waals surface area contributed by atoms with E-state index in [1.807, 2.05) is 6.92 Å². The molecule has 0 radical (unpaired) electrons. The maximum absolute atomic E-state index is 10.4. The Morgan fingerprint density at radius 1 is 0.607 bits per heavy atom. The van der Waals surface area contributed by atoms with Crippen molar-refractivity contribution in [2.75, 3.05) is 0 Å². The average Bonchev–Trinajstić information content (AvgIpc) is 2.62. The zero-order chi connectivity index (χ0) is 22.0. The fraction of sp³-hybridized carbons (Fsp3) is 0.333. The summed E-state index contributed by atoms with van der Waals surface area (Å²) >= 11 is 0. The van der Waals surface area contributed by atoms with Crippen molar-refractivity contribution in [1.82, 2.24) is 0 Å². The predicted octanol–water partition coefficient (Wildman–Crippen LogP) is 2.25. The van der Waals surface area contributed by atoms with E-state index in [1.54, 1.807) is 50.2 Å². The summed E-state index contributed by atoms with van der Waals surface area (Å²) in [5.41, 5.74) is 0. The van der Waals surface area contributed by atoms with E-state index in [4.69, 9.17) is 19.3 Å². The van der Waals surface area contributed by atoms with Crippen LogP contribution in [0.4, 0.5) is 0 Å². The molecule has 0 bridgehead atoms. The Morgan fingerprint density at radius 3 is 0.964 bits per heavy atom. The average molecular weight is 435 g/mol. The maximum Gasteiger partial charge on any atom is 0.294 e. The lowest BCUT2D eigenvalue weighted by molar-refractivity contribution is 0.0420. The van der Waals surface area contributed by atoms with Gasteiger partial charge in [0, 0.05) is 5.92 Å². The van der Waals surface area contributed by atoms with E-state index in [0.717, 1.165) is 0 Å². The number of aliphatic hydroxyl groups excluding tert-OH is 2. The normalized spacial score (nSPS) is 14.4. The minimum absolute atomic E-state index is 0.0185. The summed E-state index contributed by atoms with van der Waals surface area (Å²) in [7, 11) is -8.01. The van der Waals surface area contributed by atoms with Crippen molar-refractivity contribution in [1.29, 1.82) is 0 Å². The van der Waals surface area contributed by atoms with Crippen LogP contribution in [-0.4, -0.2) is 48.4 Å². The van der Waals surface area contributed by atoms with Gasteiger partial charge in [-0.2, -0.15) is 16.8 Å². The largest absolute Gasteiger partial charge is 0.393 e. The Labute approximate surface area is 166 Å². The van der Waals surface area contributed by atoms with Gasteiger partial charge in [-0.25, -0.2) is 0 Å². The van der Waals surface area contributed by atoms with Crippen LogP contribution in [0.3, 0.4) is 0 Å². The third-order valence-corrected chi connectivity index (χ3v) is 5.34. The third-order valence-electron chi connectivity index (χ3n) is 3.60. The Balaban J connectivity index is 0.000000394. The molecule has 10 heteroatoms. The van der Waals surface area contributed by atoms with Crippen LogP contribution in [0, 0.1) is 5.92 Å². The van der Waals surface area contributed by atoms with E-state index < -0.39 is 32.4 Å². The maximum atomic E-state index is 10.4. The van der Waals surface area contributed by atoms with E-state index in [1.165, 1.54) is 24.3 Å². The first-order valence-electron chi connectivity index (χ1n) is 8.18. The molecule has 0 aliphatic rings. The van der Waals surface area contributed by atoms with Crippen molar-refractivity contribution < 1.29 is 36.2 Å². The zero-order valence-corrected chi connectivity index (χ0v) is 17.4. The van der Waals surface area contributed by atoms with Crippen molar-refractivity contribution in [2.45, 2.75) is 42.8 Å². The van der Waals surface area contributed by atoms with Crippen LogP contribution in [0.1, 0.15) is 20.8 Å². The molecule has 0 saturated carbocycles. The molecule has 8 nitrogen and oxygen atoms in total. The lowest BCUT2D eigenvalue weighted by Crippen LogP contribution is -2.24. The van der Waals surface area contributed by atoms with Gasteiger partial charge in [0.15, 0.2) is 0 Å². The highest BCUT2D eigenvalue weighted by molar-refractivity contribution is 7.86. The second-order valence-electron chi connectivity index (χ2n) is 5.92. The summed E-state index contributed by atoms with van der Waals surface area (Å²) in [4.78, 5) is -0.148. The molecular formula is C18H26O8S2. The van der Waals surface area contributed by atoms with Crippen LogP contribution in [0.2, 0.25) is 0 Å². The smallest absolute Gasteiger partial charge is 0.294 e. The summed E-state index contributed by atoms with van der Waals surface area (Å²) in [5, 5.41) is 17.7. The van der Waals surface area contributed by atoms with E-state index in [9.17, 15) is 16.8 Å². The first-order valence-corrected chi connectivity index (χ1v) is 11.1. The molecular weight excluding hydrogens is 408 g/mol. The van der Waals surface area contributed by atoms with Crippen molar-refractivity contribution in [3.63, 3.8) is 0 Å². The van der Waals surface area contributed by atoms with Crippen LogP contribution in [-0.2, 0) is 20.2 Å². The molecule has 0 spiro atoms. The molecule has 0 fully saturated rings. The van der Waals surface area contributed by atoms with Gasteiger partial charge in [-0.15, -0.1) is 0 Å². The van der Waals surface area contributed by atoms with Crippen LogP contribution < -0.4 is 0 Å². The predicted molar refractivity (Wildman–Crippen MR) is 105 cm³/mol. The Kier molecular flexibility index (Phi) is 11.1. The molecule has 0 aromatic heterocycles. The van der Waals surface area contributed by atoms with Gasteiger partial charge in [0.2, 0.25) is 0 Å². The molecule has 2 unspecified atom stereocenters. The number of benzene rings is 2. The molecule has 2 atom stereocenters. The van der Waals surface area contributed by atoms with Gasteiger partial charge >= 0.3 is 0 Å². The molecule has 0 heterocycles. The number of aliphatic hydroxyl groups is 2. The summed E-state index contributed by atoms with van der Waals surface area (Å²) in [6.45, 7) is 5.17. The molecule has 4 N–H and O–H groups in total. The molecule has 0 amide bonds. The van der Waals surface area contributed by atoms with Crippen molar-refractivity contribution in [2.24, 2.45) is 5.92 Å². The first-order chi connectivity index (χ1) is 12.8. The molecule has 2 rings (SSSR count). The highest BCUT2D eigenvalue weighted by Crippen LogP contribution is 2.07. The van der Waals surface area contributed by atoms with Gasteiger partial charge in [0.1, 0.15) is 0 Å². The SMILES string of the molecule is CC(O)C(C)C(C)O.O=S(=O)(O)c1ccccc1.O=S(=O)(O)c1ccccc1. The summed E-state index contributed by atoms with van der Waals surface area (Å²) in [6, 6.07) is 14.8. The Hall–Kier alpha value is -1.82. The standard InChI is InChI=1S/2C6H6O3S.C6H14O2/c2*7-10(8,9)6-4-2-1-3-5-6;1-4(5(2)7)6(3)8/h2*1-5H,(H,7,8,9);4-8H,1-3H3. The number of rotatable bonds is 4. The van der Waals surface area contributed by atoms with Crippen LogP contribution in [0.5, 0.6) is 0 Å². The minimum Gasteiger partial charge on any atom is -0.393 e. The Morgan fingerprint density at radius 2 is 0.857 bits per heavy atom. The highest BCUT2D eigenvalue weighted by Gasteiger charge is 2.13. The summed E-state index contributed by atoms with van der Waals surface area (Å²) in [5.74, 6) is -0.0185. The van der Waals surface area contributed by atoms with Crippen molar-refractivity contribution in [3.8, 4) is 0 Å². The number of hydrogen-bond donors (Lipinski definition) is 4. The quantitative estimate of drug-likeness (QED) is 0.535. The monoisotopic (exact) mass is 434 g/mol. The first kappa shape index (κ1) is 26.2. The molecule has 0 aliphatic heterocycles. The second-order valence-corrected chi connectivity index (χ2v) is 8.76. The fourth-order valence-corrected chi connectivity index (χ4v) is 2.59. The van der Waals surface area contributed by atoms with E-state index >= 15 is 0 Å². The zero-order valence-electron chi connectivity index (χ0n) is 15.7. The lowest BCUT2D eigenvalue weighted by Gasteiger charge is -2.16. The fourth-order valence-electron chi connectivity index (χ4n) is 1.59. The summed E-state index contributed by atoms with van der Waals surface area (Å²) in [6.07, 6.45) is -0.815. The Bertz CT molecular complexity index is 802. The van der Waals surface area contributed by atoms with Crippen LogP contribution >= 0.6 is 0 Å². The topological polar surface area (TPSA) is 149 Å². The molecule has 2 aromatic rings. The summed E-state index contributed by atoms with van der Waals surface area (Å²) < 4.78 is 58.5. The van der Waals surface area contributed by atoms with Gasteiger partial charge < -0.3 is 10.2 Å². The number of hydrogen-bond acceptors (Lipinski definition) is 6. The van der Waals surface area contributed by atoms with Gasteiger partial charge in [0.05, 0.1) is 22.0 Å². The van der Waals surface area contributed by atoms with Gasteiger partial charge in [-0.3, -0.25) is 9.11 Å². The van der Waals surface area contributed by atoms with Crippen molar-refractivity contribution in [3.05, 3.63) is 60.7 Å². The van der Waals surface area contributed by atoms with E-state index in [-0.39, 0.29) is 15.7 Å². The van der Waals surface area contributed by atoms with Crippen LogP contribution in [0.25, 0.3) is 0 Å². The van der Waals surface area contributed by atoms with Gasteiger partial charge in [-0.05, 0) is 38.1 Å². The highest BCUT2D eigenvalue weighted by atomic mass is 32.2. The van der Waals surface area contributed by atoms with E-state index in [0.29, 0.717) is 0 Å².